The van der Waals surface area contributed by atoms with Gasteiger partial charge in [0.25, 0.3) is 0 Å². The largest absolute Gasteiger partial charge is 0.374 e. The number of nitrogens with zero attached hydrogens (tertiary/aromatic N) is 1. The van der Waals surface area contributed by atoms with Crippen molar-refractivity contribution in [3.63, 3.8) is 0 Å². The van der Waals surface area contributed by atoms with Crippen molar-refractivity contribution in [3.05, 3.63) is 53.2 Å². The van der Waals surface area contributed by atoms with Gasteiger partial charge in [0.15, 0.2) is 0 Å². The summed E-state index contributed by atoms with van der Waals surface area (Å²) >= 11 is 5.77. The van der Waals surface area contributed by atoms with E-state index in [2.05, 4.69) is 34.7 Å². The van der Waals surface area contributed by atoms with Gasteiger partial charge in [-0.05, 0) is 43.2 Å². The third kappa shape index (κ3) is 4.74. The molecular weight excluding hydrogens is 298 g/mol. The Hall–Kier alpha value is -2.07. The Kier molecular flexibility index (Phi) is 5.78. The minimum absolute atomic E-state index is 0.146. The van der Waals surface area contributed by atoms with E-state index in [0.717, 1.165) is 18.5 Å². The van der Waals surface area contributed by atoms with Gasteiger partial charge in [-0.15, -0.1) is 0 Å². The molecule has 0 aliphatic rings. The standard InChI is InChI=1S/C17H20ClN3O/c1-3-4-13-5-8-15(9-6-13)20-12(2)17(22)21-16-10-7-14(18)11-19-16/h5-12,20H,3-4H2,1-2H3,(H,19,21,22)/t12-/m1/s1. The van der Waals surface area contributed by atoms with Crippen molar-refractivity contribution in [2.24, 2.45) is 0 Å². The summed E-state index contributed by atoms with van der Waals surface area (Å²) in [7, 11) is 0. The fourth-order valence-electron chi connectivity index (χ4n) is 2.06. The molecule has 4 nitrogen and oxygen atoms in total. The lowest BCUT2D eigenvalue weighted by Crippen LogP contribution is -2.32. The second kappa shape index (κ2) is 7.80. The second-order valence-electron chi connectivity index (χ2n) is 5.16. The lowest BCUT2D eigenvalue weighted by molar-refractivity contribution is -0.116. The first-order valence-electron chi connectivity index (χ1n) is 7.36. The molecular formula is C17H20ClN3O. The number of nitrogens with one attached hydrogen (secondary N) is 2. The van der Waals surface area contributed by atoms with Crippen molar-refractivity contribution in [2.45, 2.75) is 32.7 Å². The highest BCUT2D eigenvalue weighted by molar-refractivity contribution is 6.30. The number of aryl methyl sites for hydroxylation is 1. The Balaban J connectivity index is 1.91. The average molecular weight is 318 g/mol. The Morgan fingerprint density at radius 1 is 1.23 bits per heavy atom. The number of rotatable bonds is 6. The van der Waals surface area contributed by atoms with E-state index in [4.69, 9.17) is 11.6 Å². The topological polar surface area (TPSA) is 54.0 Å². The molecule has 5 heteroatoms. The predicted octanol–water partition coefficient (Wildman–Crippen LogP) is 4.13. The molecule has 1 atom stereocenters. The van der Waals surface area contributed by atoms with E-state index in [1.807, 2.05) is 19.1 Å². The number of carbonyl (C=O) groups is 1. The van der Waals surface area contributed by atoms with Gasteiger partial charge in [-0.25, -0.2) is 4.98 Å². The summed E-state index contributed by atoms with van der Waals surface area (Å²) in [5.74, 6) is 0.341. The quantitative estimate of drug-likeness (QED) is 0.842. The normalized spacial score (nSPS) is 11.8. The van der Waals surface area contributed by atoms with Gasteiger partial charge >= 0.3 is 0 Å². The zero-order chi connectivity index (χ0) is 15.9. The molecule has 2 aromatic rings. The summed E-state index contributed by atoms with van der Waals surface area (Å²) in [6, 6.07) is 11.1. The molecule has 0 unspecified atom stereocenters. The number of pyridine rings is 1. The van der Waals surface area contributed by atoms with E-state index in [1.54, 1.807) is 12.1 Å². The Labute approximate surface area is 135 Å². The van der Waals surface area contributed by atoms with Crippen LogP contribution in [-0.4, -0.2) is 16.9 Å². The Bertz CT molecular complexity index is 611. The number of hydrogen-bond acceptors (Lipinski definition) is 3. The molecule has 0 saturated heterocycles. The van der Waals surface area contributed by atoms with Gasteiger partial charge in [-0.2, -0.15) is 0 Å². The molecule has 1 aromatic carbocycles. The van der Waals surface area contributed by atoms with Crippen LogP contribution in [0.3, 0.4) is 0 Å². The molecule has 0 aliphatic carbocycles. The molecule has 1 heterocycles. The monoisotopic (exact) mass is 317 g/mol. The highest BCUT2D eigenvalue weighted by Crippen LogP contribution is 2.13. The van der Waals surface area contributed by atoms with Gasteiger partial charge < -0.3 is 10.6 Å². The van der Waals surface area contributed by atoms with Crippen molar-refractivity contribution >= 4 is 29.0 Å². The summed E-state index contributed by atoms with van der Waals surface area (Å²) < 4.78 is 0. The molecule has 0 saturated carbocycles. The van der Waals surface area contributed by atoms with E-state index >= 15 is 0 Å². The van der Waals surface area contributed by atoms with Crippen LogP contribution in [0.4, 0.5) is 11.5 Å². The van der Waals surface area contributed by atoms with Crippen LogP contribution >= 0.6 is 11.6 Å². The van der Waals surface area contributed by atoms with Crippen LogP contribution in [0.2, 0.25) is 5.02 Å². The van der Waals surface area contributed by atoms with Crippen LogP contribution in [0, 0.1) is 0 Å². The number of carbonyl (C=O) groups excluding carboxylic acids is 1. The van der Waals surface area contributed by atoms with Gasteiger partial charge in [-0.3, -0.25) is 4.79 Å². The molecule has 0 fully saturated rings. The molecule has 2 N–H and O–H groups in total. The summed E-state index contributed by atoms with van der Waals surface area (Å²) in [6.45, 7) is 3.97. The van der Waals surface area contributed by atoms with Crippen molar-refractivity contribution in [1.29, 1.82) is 0 Å². The van der Waals surface area contributed by atoms with Crippen molar-refractivity contribution < 1.29 is 4.79 Å². The number of halogens is 1. The molecule has 1 aromatic heterocycles. The van der Waals surface area contributed by atoms with Crippen LogP contribution in [0.1, 0.15) is 25.8 Å². The molecule has 0 spiro atoms. The number of anilines is 2. The van der Waals surface area contributed by atoms with Crippen molar-refractivity contribution in [3.8, 4) is 0 Å². The molecule has 1 amide bonds. The smallest absolute Gasteiger partial charge is 0.247 e. The maximum atomic E-state index is 12.1. The number of hydrogen-bond donors (Lipinski definition) is 2. The maximum absolute atomic E-state index is 12.1. The number of benzene rings is 1. The number of amides is 1. The Morgan fingerprint density at radius 3 is 2.55 bits per heavy atom. The van der Waals surface area contributed by atoms with E-state index < -0.39 is 0 Å². The van der Waals surface area contributed by atoms with Crippen LogP contribution in [-0.2, 0) is 11.2 Å². The molecule has 116 valence electrons. The molecule has 0 bridgehead atoms. The SMILES string of the molecule is CCCc1ccc(N[C@H](C)C(=O)Nc2ccc(Cl)cn2)cc1. The first-order valence-corrected chi connectivity index (χ1v) is 7.74. The van der Waals surface area contributed by atoms with Crippen LogP contribution in [0.5, 0.6) is 0 Å². The summed E-state index contributed by atoms with van der Waals surface area (Å²) in [6.07, 6.45) is 3.69. The van der Waals surface area contributed by atoms with Gasteiger partial charge in [0, 0.05) is 11.9 Å². The average Bonchev–Trinajstić information content (AvgIpc) is 2.51. The van der Waals surface area contributed by atoms with Crippen molar-refractivity contribution in [2.75, 3.05) is 10.6 Å². The summed E-state index contributed by atoms with van der Waals surface area (Å²) in [5, 5.41) is 6.46. The molecule has 0 radical (unpaired) electrons. The van der Waals surface area contributed by atoms with Gasteiger partial charge in [0.05, 0.1) is 5.02 Å². The zero-order valence-corrected chi connectivity index (χ0v) is 13.5. The van der Waals surface area contributed by atoms with Gasteiger partial charge in [-0.1, -0.05) is 37.1 Å². The predicted molar refractivity (Wildman–Crippen MR) is 91.4 cm³/mol. The van der Waals surface area contributed by atoms with Crippen LogP contribution < -0.4 is 10.6 Å². The van der Waals surface area contributed by atoms with E-state index in [0.29, 0.717) is 10.8 Å². The Morgan fingerprint density at radius 2 is 1.95 bits per heavy atom. The van der Waals surface area contributed by atoms with Crippen molar-refractivity contribution in [1.82, 2.24) is 4.98 Å². The highest BCUT2D eigenvalue weighted by Gasteiger charge is 2.13. The number of aromatic nitrogens is 1. The lowest BCUT2D eigenvalue weighted by atomic mass is 10.1. The molecule has 2 rings (SSSR count). The minimum Gasteiger partial charge on any atom is -0.374 e. The summed E-state index contributed by atoms with van der Waals surface area (Å²) in [4.78, 5) is 16.2. The van der Waals surface area contributed by atoms with Gasteiger partial charge in [0.2, 0.25) is 5.91 Å². The third-order valence-electron chi connectivity index (χ3n) is 3.25. The van der Waals surface area contributed by atoms with Crippen LogP contribution in [0.25, 0.3) is 0 Å². The highest BCUT2D eigenvalue weighted by atomic mass is 35.5. The second-order valence-corrected chi connectivity index (χ2v) is 5.60. The van der Waals surface area contributed by atoms with E-state index in [-0.39, 0.29) is 11.9 Å². The third-order valence-corrected chi connectivity index (χ3v) is 3.47. The fraction of sp³-hybridized carbons (Fsp3) is 0.294. The summed E-state index contributed by atoms with van der Waals surface area (Å²) in [5.41, 5.74) is 2.22. The maximum Gasteiger partial charge on any atom is 0.247 e. The van der Waals surface area contributed by atoms with Gasteiger partial charge in [0.1, 0.15) is 11.9 Å². The zero-order valence-electron chi connectivity index (χ0n) is 12.8. The van der Waals surface area contributed by atoms with Crippen LogP contribution in [0.15, 0.2) is 42.6 Å². The van der Waals surface area contributed by atoms with E-state index in [1.165, 1.54) is 11.8 Å². The first kappa shape index (κ1) is 16.3. The fourth-order valence-corrected chi connectivity index (χ4v) is 2.17. The first-order chi connectivity index (χ1) is 10.6. The van der Waals surface area contributed by atoms with E-state index in [9.17, 15) is 4.79 Å². The lowest BCUT2D eigenvalue weighted by Gasteiger charge is -2.15. The molecule has 0 aliphatic heterocycles. The minimum atomic E-state index is -0.366. The molecule has 22 heavy (non-hydrogen) atoms.